The highest BCUT2D eigenvalue weighted by Crippen LogP contribution is 2.36. The minimum atomic E-state index is -0.402. The first-order chi connectivity index (χ1) is 20.1. The third-order valence-electron chi connectivity index (χ3n) is 8.84. The number of amides is 1. The summed E-state index contributed by atoms with van der Waals surface area (Å²) in [6.45, 7) is 9.90. The third kappa shape index (κ3) is 5.04. The van der Waals surface area contributed by atoms with Gasteiger partial charge in [0.15, 0.2) is 5.82 Å². The van der Waals surface area contributed by atoms with Crippen molar-refractivity contribution in [1.82, 2.24) is 33.9 Å². The molecule has 2 aliphatic rings. The molecule has 1 atom stereocenters. The Balaban J connectivity index is 1.28. The van der Waals surface area contributed by atoms with Gasteiger partial charge in [0.1, 0.15) is 5.82 Å². The van der Waals surface area contributed by atoms with Crippen LogP contribution in [0.2, 0.25) is 0 Å². The summed E-state index contributed by atoms with van der Waals surface area (Å²) in [5.74, 6) is 1.10. The summed E-state index contributed by atoms with van der Waals surface area (Å²) in [5, 5.41) is 12.9. The molecule has 0 radical (unpaired) electrons. The Hall–Kier alpha value is -3.86. The second kappa shape index (κ2) is 11.1. The van der Waals surface area contributed by atoms with Crippen LogP contribution < -0.4 is 5.32 Å². The smallest absolute Gasteiger partial charge is 0.291 e. The molecule has 220 valence electrons. The zero-order valence-corrected chi connectivity index (χ0v) is 25.4. The average Bonchev–Trinajstić information content (AvgIpc) is 3.45. The summed E-state index contributed by atoms with van der Waals surface area (Å²) in [4.78, 5) is 32.3. The normalized spacial score (nSPS) is 16.3. The van der Waals surface area contributed by atoms with E-state index in [2.05, 4.69) is 63.9 Å². The maximum absolute atomic E-state index is 13.5. The lowest BCUT2D eigenvalue weighted by Gasteiger charge is -2.27. The molecule has 1 amide bonds. The van der Waals surface area contributed by atoms with Crippen molar-refractivity contribution in [2.75, 3.05) is 32.0 Å². The molecule has 0 aliphatic carbocycles. The number of nitrogens with one attached hydrogen (secondary N) is 1. The van der Waals surface area contributed by atoms with Crippen LogP contribution in [0.3, 0.4) is 0 Å². The molecule has 0 bridgehead atoms. The number of aromatic nitrogens is 5. The highest BCUT2D eigenvalue weighted by molar-refractivity contribution is 6.03. The Labute approximate surface area is 247 Å². The highest BCUT2D eigenvalue weighted by Gasteiger charge is 2.27. The van der Waals surface area contributed by atoms with Gasteiger partial charge in [-0.2, -0.15) is 0 Å². The van der Waals surface area contributed by atoms with Crippen molar-refractivity contribution in [3.63, 3.8) is 0 Å². The molecule has 10 heteroatoms. The molecule has 10 nitrogen and oxygen atoms in total. The first-order valence-electron chi connectivity index (χ1n) is 14.7. The van der Waals surface area contributed by atoms with E-state index in [-0.39, 0.29) is 5.91 Å². The molecule has 0 fully saturated rings. The first-order valence-corrected chi connectivity index (χ1v) is 14.7. The maximum atomic E-state index is 13.5. The van der Waals surface area contributed by atoms with Gasteiger partial charge in [-0.25, -0.2) is 9.97 Å². The van der Waals surface area contributed by atoms with Gasteiger partial charge >= 0.3 is 0 Å². The Kier molecular flexibility index (Phi) is 7.46. The van der Waals surface area contributed by atoms with E-state index in [0.717, 1.165) is 83.2 Å². The van der Waals surface area contributed by atoms with Gasteiger partial charge < -0.3 is 24.5 Å². The van der Waals surface area contributed by atoms with Crippen LogP contribution in [-0.2, 0) is 40.0 Å². The van der Waals surface area contributed by atoms with Gasteiger partial charge in [-0.3, -0.25) is 14.7 Å². The monoisotopic (exact) mass is 568 g/mol. The fraction of sp³-hybridized carbons (Fsp3) is 0.438. The molecule has 5 heterocycles. The largest absolute Gasteiger partial charge is 0.392 e. The number of hydrogen-bond donors (Lipinski definition) is 2. The van der Waals surface area contributed by atoms with Crippen molar-refractivity contribution in [1.29, 1.82) is 0 Å². The van der Waals surface area contributed by atoms with E-state index in [1.165, 1.54) is 5.69 Å². The number of imidazole rings is 2. The second-order valence-electron chi connectivity index (χ2n) is 11.9. The van der Waals surface area contributed by atoms with Gasteiger partial charge in [0.05, 0.1) is 29.4 Å². The summed E-state index contributed by atoms with van der Waals surface area (Å²) in [5.41, 5.74) is 10.3. The van der Waals surface area contributed by atoms with E-state index >= 15 is 0 Å². The van der Waals surface area contributed by atoms with Crippen LogP contribution in [0.5, 0.6) is 0 Å². The molecule has 2 aliphatic heterocycles. The van der Waals surface area contributed by atoms with Gasteiger partial charge in [-0.15, -0.1) is 0 Å². The summed E-state index contributed by atoms with van der Waals surface area (Å²) >= 11 is 0. The van der Waals surface area contributed by atoms with Crippen LogP contribution in [0, 0.1) is 13.8 Å². The lowest BCUT2D eigenvalue weighted by atomic mass is 9.94. The molecule has 4 aromatic rings. The number of fused-ring (bicyclic) bond motifs is 2. The van der Waals surface area contributed by atoms with Crippen LogP contribution in [0.4, 0.5) is 5.69 Å². The molecule has 0 saturated carbocycles. The quantitative estimate of drug-likeness (QED) is 0.367. The van der Waals surface area contributed by atoms with E-state index in [1.54, 1.807) is 13.1 Å². The molecule has 6 rings (SSSR count). The highest BCUT2D eigenvalue weighted by atomic mass is 16.3. The zero-order chi connectivity index (χ0) is 29.7. The lowest BCUT2D eigenvalue weighted by Crippen LogP contribution is -2.36. The van der Waals surface area contributed by atoms with Crippen molar-refractivity contribution in [2.24, 2.45) is 14.1 Å². The Morgan fingerprint density at radius 2 is 1.64 bits per heavy atom. The summed E-state index contributed by atoms with van der Waals surface area (Å²) in [7, 11) is 6.15. The number of hydrogen-bond acceptors (Lipinski definition) is 7. The number of pyridine rings is 1. The molecule has 0 spiro atoms. The number of benzene rings is 1. The summed E-state index contributed by atoms with van der Waals surface area (Å²) < 4.78 is 4.14. The van der Waals surface area contributed by atoms with Gasteiger partial charge in [-0.05, 0) is 44.5 Å². The van der Waals surface area contributed by atoms with Gasteiger partial charge in [0.25, 0.3) is 5.91 Å². The van der Waals surface area contributed by atoms with E-state index in [9.17, 15) is 9.90 Å². The second-order valence-corrected chi connectivity index (χ2v) is 11.9. The fourth-order valence-electron chi connectivity index (χ4n) is 6.49. The van der Waals surface area contributed by atoms with E-state index < -0.39 is 6.10 Å². The third-order valence-corrected chi connectivity index (χ3v) is 8.84. The molecule has 1 aromatic carbocycles. The minimum absolute atomic E-state index is 0.259. The topological polar surface area (TPSA) is 104 Å². The van der Waals surface area contributed by atoms with Crippen molar-refractivity contribution in [2.45, 2.75) is 52.8 Å². The zero-order valence-electron chi connectivity index (χ0n) is 25.4. The lowest BCUT2D eigenvalue weighted by molar-refractivity contribution is 0.101. The molecule has 0 saturated heterocycles. The number of aliphatic hydroxyl groups is 1. The first kappa shape index (κ1) is 28.3. The number of anilines is 1. The number of β-amino-alcohol motifs (C(OH)–C–C–N with tert-alkyl or cyclic N) is 1. The predicted molar refractivity (Wildman–Crippen MR) is 163 cm³/mol. The fourth-order valence-corrected chi connectivity index (χ4v) is 6.49. The van der Waals surface area contributed by atoms with Crippen molar-refractivity contribution in [3.8, 4) is 22.5 Å². The number of carbonyl (C=O) groups is 1. The van der Waals surface area contributed by atoms with E-state index in [1.807, 2.05) is 24.7 Å². The van der Waals surface area contributed by atoms with Crippen LogP contribution >= 0.6 is 0 Å². The number of aliphatic hydroxyl groups excluding tert-OH is 1. The summed E-state index contributed by atoms with van der Waals surface area (Å²) in [6, 6.07) is 6.31. The average molecular weight is 569 g/mol. The molecular weight excluding hydrogens is 528 g/mol. The van der Waals surface area contributed by atoms with Crippen molar-refractivity contribution in [3.05, 3.63) is 70.3 Å². The van der Waals surface area contributed by atoms with Crippen LogP contribution in [0.1, 0.15) is 51.4 Å². The maximum Gasteiger partial charge on any atom is 0.291 e. The molecule has 3 aromatic heterocycles. The Morgan fingerprint density at radius 3 is 2.43 bits per heavy atom. The number of rotatable bonds is 6. The SMILES string of the molecule is Cc1c(NC(=O)c2nc3c(n2C)CCN(C[C@H](C)O)C3)cncc1-c1cccc(-c2nc3c(n2C)CCN(C)C3)c1C. The van der Waals surface area contributed by atoms with Crippen molar-refractivity contribution < 1.29 is 9.90 Å². The Bertz CT molecular complexity index is 1670. The van der Waals surface area contributed by atoms with E-state index in [4.69, 9.17) is 9.97 Å². The predicted octanol–water partition coefficient (Wildman–Crippen LogP) is 3.48. The molecule has 2 N–H and O–H groups in total. The Morgan fingerprint density at radius 1 is 0.929 bits per heavy atom. The van der Waals surface area contributed by atoms with Crippen molar-refractivity contribution >= 4 is 11.6 Å². The molecular formula is C32H40N8O2. The standard InChI is InChI=1S/C32H40N8O2/c1-19(41)16-40-13-11-29-27(18-40)35-31(39(29)6)32(42)36-25-15-33-14-24(21(25)3)22-8-7-9-23(20(22)2)30-34-26-17-37(4)12-10-28(26)38(30)5/h7-9,14-15,19,41H,10-13,16-18H2,1-6H3,(H,36,42)/t19-/m0/s1. The van der Waals surface area contributed by atoms with Gasteiger partial charge in [-0.1, -0.05) is 18.2 Å². The number of carbonyl (C=O) groups excluding carboxylic acids is 1. The number of likely N-dealkylation sites (N-methyl/N-ethyl adjacent to an activating group) is 1. The van der Waals surface area contributed by atoms with Crippen LogP contribution in [-0.4, -0.2) is 77.7 Å². The minimum Gasteiger partial charge on any atom is -0.392 e. The van der Waals surface area contributed by atoms with Crippen LogP contribution in [0.25, 0.3) is 22.5 Å². The van der Waals surface area contributed by atoms with E-state index in [0.29, 0.717) is 24.6 Å². The van der Waals surface area contributed by atoms with Crippen LogP contribution in [0.15, 0.2) is 30.6 Å². The van der Waals surface area contributed by atoms with Gasteiger partial charge in [0.2, 0.25) is 0 Å². The number of nitrogens with zero attached hydrogens (tertiary/aromatic N) is 7. The van der Waals surface area contributed by atoms with Gasteiger partial charge in [0, 0.05) is 88.4 Å². The molecule has 42 heavy (non-hydrogen) atoms. The molecule has 0 unspecified atom stereocenters. The summed E-state index contributed by atoms with van der Waals surface area (Å²) in [6.07, 6.45) is 4.96.